The van der Waals surface area contributed by atoms with Gasteiger partial charge in [-0.3, -0.25) is 0 Å². The van der Waals surface area contributed by atoms with Gasteiger partial charge in [0.2, 0.25) is 0 Å². The summed E-state index contributed by atoms with van der Waals surface area (Å²) in [5.41, 5.74) is 3.28. The van der Waals surface area contributed by atoms with E-state index in [0.717, 1.165) is 16.7 Å². The monoisotopic (exact) mass is 243 g/mol. The van der Waals surface area contributed by atoms with Gasteiger partial charge in [0, 0.05) is 18.8 Å². The van der Waals surface area contributed by atoms with E-state index in [1.54, 1.807) is 4.57 Å². The molecule has 0 saturated carbocycles. The van der Waals surface area contributed by atoms with E-state index in [-0.39, 0.29) is 0 Å². The number of aryl methyl sites for hydroxylation is 2. The molecule has 1 aromatic carbocycles. The standard InChI is InChI=1S/C15H17NO2/c1-11-9-16(10-12(11)2)14(15(17)18)8-13-6-4-3-5-7-13/h3-7,9-10,14H,8H2,1-2H3,(H,17,18)/t14-/m0/s1. The molecular weight excluding hydrogens is 226 g/mol. The van der Waals surface area contributed by atoms with E-state index in [1.165, 1.54) is 0 Å². The van der Waals surface area contributed by atoms with E-state index in [1.807, 2.05) is 56.6 Å². The van der Waals surface area contributed by atoms with E-state index in [9.17, 15) is 9.90 Å². The molecule has 1 N–H and O–H groups in total. The quantitative estimate of drug-likeness (QED) is 0.897. The predicted octanol–water partition coefficient (Wildman–Crippen LogP) is 2.97. The minimum Gasteiger partial charge on any atom is -0.480 e. The largest absolute Gasteiger partial charge is 0.480 e. The first-order chi connectivity index (χ1) is 8.58. The van der Waals surface area contributed by atoms with E-state index >= 15 is 0 Å². The van der Waals surface area contributed by atoms with Crippen LogP contribution in [0, 0.1) is 13.8 Å². The second-order valence-corrected chi connectivity index (χ2v) is 4.62. The van der Waals surface area contributed by atoms with Gasteiger partial charge in [-0.05, 0) is 30.5 Å². The van der Waals surface area contributed by atoms with Crippen molar-refractivity contribution in [1.29, 1.82) is 0 Å². The predicted molar refractivity (Wildman–Crippen MR) is 70.7 cm³/mol. The number of hydrogen-bond acceptors (Lipinski definition) is 1. The Morgan fingerprint density at radius 2 is 1.72 bits per heavy atom. The Morgan fingerprint density at radius 3 is 2.22 bits per heavy atom. The fourth-order valence-electron chi connectivity index (χ4n) is 2.03. The van der Waals surface area contributed by atoms with Gasteiger partial charge in [0.1, 0.15) is 6.04 Å². The molecule has 0 spiro atoms. The zero-order valence-electron chi connectivity index (χ0n) is 10.6. The van der Waals surface area contributed by atoms with Crippen molar-refractivity contribution in [2.45, 2.75) is 26.3 Å². The van der Waals surface area contributed by atoms with Crippen LogP contribution in [0.4, 0.5) is 0 Å². The highest BCUT2D eigenvalue weighted by Gasteiger charge is 2.20. The molecule has 94 valence electrons. The van der Waals surface area contributed by atoms with E-state index in [2.05, 4.69) is 0 Å². The van der Waals surface area contributed by atoms with Crippen molar-refractivity contribution >= 4 is 5.97 Å². The number of benzene rings is 1. The van der Waals surface area contributed by atoms with Crippen LogP contribution in [0.5, 0.6) is 0 Å². The number of aromatic nitrogens is 1. The summed E-state index contributed by atoms with van der Waals surface area (Å²) in [6.07, 6.45) is 4.30. The van der Waals surface area contributed by atoms with E-state index in [4.69, 9.17) is 0 Å². The third-order valence-electron chi connectivity index (χ3n) is 3.22. The van der Waals surface area contributed by atoms with Gasteiger partial charge in [-0.1, -0.05) is 30.3 Å². The molecule has 0 unspecified atom stereocenters. The molecule has 2 aromatic rings. The molecule has 0 bridgehead atoms. The molecule has 0 amide bonds. The Bertz CT molecular complexity index is 523. The van der Waals surface area contributed by atoms with Crippen LogP contribution in [0.1, 0.15) is 22.7 Å². The molecule has 3 nitrogen and oxygen atoms in total. The summed E-state index contributed by atoms with van der Waals surface area (Å²) in [6, 6.07) is 9.17. The molecule has 0 radical (unpaired) electrons. The van der Waals surface area contributed by atoms with Crippen molar-refractivity contribution in [2.75, 3.05) is 0 Å². The second kappa shape index (κ2) is 5.08. The summed E-state index contributed by atoms with van der Waals surface area (Å²) < 4.78 is 1.79. The number of carboxylic acids is 1. The number of aliphatic carboxylic acids is 1. The van der Waals surface area contributed by atoms with E-state index in [0.29, 0.717) is 6.42 Å². The number of nitrogens with zero attached hydrogens (tertiary/aromatic N) is 1. The normalized spacial score (nSPS) is 12.3. The van der Waals surface area contributed by atoms with Crippen LogP contribution in [-0.2, 0) is 11.2 Å². The van der Waals surface area contributed by atoms with Gasteiger partial charge in [-0.25, -0.2) is 4.79 Å². The summed E-state index contributed by atoms with van der Waals surface area (Å²) >= 11 is 0. The number of carbonyl (C=O) groups is 1. The van der Waals surface area contributed by atoms with Gasteiger partial charge in [-0.2, -0.15) is 0 Å². The smallest absolute Gasteiger partial charge is 0.327 e. The van der Waals surface area contributed by atoms with Crippen molar-refractivity contribution in [2.24, 2.45) is 0 Å². The van der Waals surface area contributed by atoms with Gasteiger partial charge in [0.15, 0.2) is 0 Å². The lowest BCUT2D eigenvalue weighted by molar-refractivity contribution is -0.140. The van der Waals surface area contributed by atoms with Gasteiger partial charge in [-0.15, -0.1) is 0 Å². The van der Waals surface area contributed by atoms with Gasteiger partial charge in [0.05, 0.1) is 0 Å². The molecule has 0 saturated heterocycles. The Balaban J connectivity index is 2.27. The fraction of sp³-hybridized carbons (Fsp3) is 0.267. The van der Waals surface area contributed by atoms with Crippen LogP contribution in [0.25, 0.3) is 0 Å². The maximum atomic E-state index is 11.4. The lowest BCUT2D eigenvalue weighted by atomic mass is 10.1. The van der Waals surface area contributed by atoms with Gasteiger partial charge >= 0.3 is 5.97 Å². The number of hydrogen-bond donors (Lipinski definition) is 1. The zero-order valence-corrected chi connectivity index (χ0v) is 10.6. The summed E-state index contributed by atoms with van der Waals surface area (Å²) in [5, 5.41) is 9.37. The first kappa shape index (κ1) is 12.4. The van der Waals surface area contributed by atoms with Crippen molar-refractivity contribution in [3.63, 3.8) is 0 Å². The minimum absolute atomic E-state index is 0.504. The molecular formula is C15H17NO2. The van der Waals surface area contributed by atoms with Crippen LogP contribution in [0.15, 0.2) is 42.7 Å². The average Bonchev–Trinajstić information content (AvgIpc) is 2.67. The second-order valence-electron chi connectivity index (χ2n) is 4.62. The third-order valence-corrected chi connectivity index (χ3v) is 3.22. The van der Waals surface area contributed by atoms with Gasteiger partial charge in [0.25, 0.3) is 0 Å². The van der Waals surface area contributed by atoms with Crippen LogP contribution in [-0.4, -0.2) is 15.6 Å². The van der Waals surface area contributed by atoms with Crippen LogP contribution >= 0.6 is 0 Å². The lowest BCUT2D eigenvalue weighted by Gasteiger charge is -2.14. The summed E-state index contributed by atoms with van der Waals surface area (Å²) in [6.45, 7) is 3.99. The minimum atomic E-state index is -0.797. The van der Waals surface area contributed by atoms with Crippen LogP contribution in [0.2, 0.25) is 0 Å². The van der Waals surface area contributed by atoms with Gasteiger partial charge < -0.3 is 9.67 Å². The molecule has 2 rings (SSSR count). The van der Waals surface area contributed by atoms with Crippen molar-refractivity contribution < 1.29 is 9.90 Å². The molecule has 3 heteroatoms. The first-order valence-corrected chi connectivity index (χ1v) is 5.99. The third kappa shape index (κ3) is 2.62. The Labute approximate surface area is 107 Å². The summed E-state index contributed by atoms with van der Waals surface area (Å²) in [4.78, 5) is 11.4. The molecule has 18 heavy (non-hydrogen) atoms. The highest BCUT2D eigenvalue weighted by atomic mass is 16.4. The zero-order chi connectivity index (χ0) is 13.1. The molecule has 1 aromatic heterocycles. The van der Waals surface area contributed by atoms with Crippen molar-refractivity contribution in [3.8, 4) is 0 Å². The maximum Gasteiger partial charge on any atom is 0.327 e. The highest BCUT2D eigenvalue weighted by Crippen LogP contribution is 2.18. The molecule has 0 aliphatic heterocycles. The molecule has 1 atom stereocenters. The molecule has 0 fully saturated rings. The lowest BCUT2D eigenvalue weighted by Crippen LogP contribution is -2.20. The topological polar surface area (TPSA) is 42.2 Å². The first-order valence-electron chi connectivity index (χ1n) is 5.99. The SMILES string of the molecule is Cc1cn([C@@H](Cc2ccccc2)C(=O)O)cc1C. The summed E-state index contributed by atoms with van der Waals surface area (Å²) in [5.74, 6) is -0.797. The Morgan fingerprint density at radius 1 is 1.17 bits per heavy atom. The van der Waals surface area contributed by atoms with Crippen molar-refractivity contribution in [3.05, 3.63) is 59.4 Å². The molecule has 0 aliphatic carbocycles. The van der Waals surface area contributed by atoms with Crippen molar-refractivity contribution in [1.82, 2.24) is 4.57 Å². The molecule has 1 heterocycles. The Kier molecular flexibility index (Phi) is 3.51. The fourth-order valence-corrected chi connectivity index (χ4v) is 2.03. The number of carboxylic acid groups (broad SMARTS) is 1. The summed E-state index contributed by atoms with van der Waals surface area (Å²) in [7, 11) is 0. The van der Waals surface area contributed by atoms with Crippen LogP contribution in [0.3, 0.4) is 0 Å². The maximum absolute atomic E-state index is 11.4. The molecule has 0 aliphatic rings. The van der Waals surface area contributed by atoms with Crippen LogP contribution < -0.4 is 0 Å². The number of rotatable bonds is 4. The van der Waals surface area contributed by atoms with E-state index < -0.39 is 12.0 Å². The Hall–Kier alpha value is -2.03. The average molecular weight is 243 g/mol. The highest BCUT2D eigenvalue weighted by molar-refractivity contribution is 5.72.